The number of aryl methyl sites for hydroxylation is 2. The van der Waals surface area contributed by atoms with Crippen molar-refractivity contribution in [3.05, 3.63) is 60.0 Å². The third-order valence-electron chi connectivity index (χ3n) is 5.91. The lowest BCUT2D eigenvalue weighted by Crippen LogP contribution is -2.34. The van der Waals surface area contributed by atoms with Crippen molar-refractivity contribution in [1.29, 1.82) is 0 Å². The van der Waals surface area contributed by atoms with Crippen LogP contribution in [0.4, 0.5) is 5.82 Å². The van der Waals surface area contributed by atoms with E-state index in [1.165, 1.54) is 18.4 Å². The Bertz CT molecular complexity index is 971. The molecule has 0 N–H and O–H groups in total. The third-order valence-corrected chi connectivity index (χ3v) is 5.91. The minimum atomic E-state index is -0.133. The van der Waals surface area contributed by atoms with Crippen LogP contribution in [0.25, 0.3) is 11.4 Å². The predicted octanol–water partition coefficient (Wildman–Crippen LogP) is 4.92. The molecule has 0 aliphatic carbocycles. The highest BCUT2D eigenvalue weighted by molar-refractivity contribution is 5.60. The highest BCUT2D eigenvalue weighted by atomic mass is 16.5. The SMILES string of the molecule is CCOC(C)c1nc(-c2ccnc(N3CCCC(C)C3)c2)n(CCc2ccccc2)n1. The zero-order valence-corrected chi connectivity index (χ0v) is 18.9. The second kappa shape index (κ2) is 10.1. The van der Waals surface area contributed by atoms with Crippen molar-refractivity contribution < 1.29 is 4.74 Å². The van der Waals surface area contributed by atoms with Gasteiger partial charge in [0.2, 0.25) is 0 Å². The van der Waals surface area contributed by atoms with Crippen LogP contribution >= 0.6 is 0 Å². The Balaban J connectivity index is 1.63. The largest absolute Gasteiger partial charge is 0.371 e. The predicted molar refractivity (Wildman–Crippen MR) is 124 cm³/mol. The van der Waals surface area contributed by atoms with Gasteiger partial charge in [-0.25, -0.2) is 14.6 Å². The van der Waals surface area contributed by atoms with Crippen LogP contribution in [-0.4, -0.2) is 39.4 Å². The summed E-state index contributed by atoms with van der Waals surface area (Å²) in [6.45, 7) is 9.86. The van der Waals surface area contributed by atoms with Gasteiger partial charge in [0.1, 0.15) is 11.9 Å². The van der Waals surface area contributed by atoms with Gasteiger partial charge in [0.05, 0.1) is 0 Å². The van der Waals surface area contributed by atoms with Crippen molar-refractivity contribution in [2.45, 2.75) is 52.7 Å². The van der Waals surface area contributed by atoms with Gasteiger partial charge >= 0.3 is 0 Å². The first-order chi connectivity index (χ1) is 15.1. The molecule has 6 nitrogen and oxygen atoms in total. The summed E-state index contributed by atoms with van der Waals surface area (Å²) in [6, 6.07) is 14.7. The fraction of sp³-hybridized carbons (Fsp3) is 0.480. The molecule has 2 atom stereocenters. The van der Waals surface area contributed by atoms with Gasteiger partial charge in [-0.05, 0) is 56.7 Å². The van der Waals surface area contributed by atoms with Crippen LogP contribution < -0.4 is 4.90 Å². The van der Waals surface area contributed by atoms with Gasteiger partial charge in [-0.15, -0.1) is 0 Å². The van der Waals surface area contributed by atoms with E-state index in [2.05, 4.69) is 47.1 Å². The van der Waals surface area contributed by atoms with E-state index in [-0.39, 0.29) is 6.10 Å². The lowest BCUT2D eigenvalue weighted by molar-refractivity contribution is 0.0699. The fourth-order valence-corrected chi connectivity index (χ4v) is 4.23. The summed E-state index contributed by atoms with van der Waals surface area (Å²) >= 11 is 0. The number of rotatable bonds is 8. The van der Waals surface area contributed by atoms with Crippen molar-refractivity contribution in [2.75, 3.05) is 24.6 Å². The molecule has 0 amide bonds. The van der Waals surface area contributed by atoms with E-state index in [9.17, 15) is 0 Å². The second-order valence-corrected chi connectivity index (χ2v) is 8.45. The smallest absolute Gasteiger partial charge is 0.179 e. The molecular weight excluding hydrogens is 386 g/mol. The second-order valence-electron chi connectivity index (χ2n) is 8.45. The molecular formula is C25H33N5O. The third kappa shape index (κ3) is 5.31. The number of anilines is 1. The molecule has 2 unspecified atom stereocenters. The lowest BCUT2D eigenvalue weighted by Gasteiger charge is -2.32. The topological polar surface area (TPSA) is 56.1 Å². The van der Waals surface area contributed by atoms with Gasteiger partial charge in [-0.1, -0.05) is 37.3 Å². The van der Waals surface area contributed by atoms with Crippen molar-refractivity contribution in [2.24, 2.45) is 5.92 Å². The Kier molecular flexibility index (Phi) is 6.97. The van der Waals surface area contributed by atoms with Crippen LogP contribution in [0.3, 0.4) is 0 Å². The number of benzene rings is 1. The van der Waals surface area contributed by atoms with Crippen LogP contribution in [0.5, 0.6) is 0 Å². The molecule has 3 aromatic rings. The summed E-state index contributed by atoms with van der Waals surface area (Å²) in [5, 5.41) is 4.82. The lowest BCUT2D eigenvalue weighted by atomic mass is 10.0. The summed E-state index contributed by atoms with van der Waals surface area (Å²) < 4.78 is 7.79. The summed E-state index contributed by atoms with van der Waals surface area (Å²) in [5.41, 5.74) is 2.35. The van der Waals surface area contributed by atoms with Crippen molar-refractivity contribution >= 4 is 5.82 Å². The average molecular weight is 420 g/mol. The Morgan fingerprint density at radius 3 is 2.81 bits per heavy atom. The standard InChI is InChI=1S/C25H33N5O/c1-4-31-20(3)24-27-25(30(28-24)16-13-21-10-6-5-7-11-21)22-12-14-26-23(17-22)29-15-8-9-19(2)18-29/h5-7,10-12,14,17,19-20H,4,8-9,13,15-16,18H2,1-3H3. The van der Waals surface area contributed by atoms with Crippen LogP contribution in [0.1, 0.15) is 51.1 Å². The number of hydrogen-bond donors (Lipinski definition) is 0. The molecule has 1 aromatic carbocycles. The van der Waals surface area contributed by atoms with Crippen molar-refractivity contribution in [3.63, 3.8) is 0 Å². The van der Waals surface area contributed by atoms with E-state index in [0.29, 0.717) is 12.5 Å². The van der Waals surface area contributed by atoms with E-state index in [0.717, 1.165) is 49.1 Å². The molecule has 0 bridgehead atoms. The first-order valence-electron chi connectivity index (χ1n) is 11.5. The molecule has 0 radical (unpaired) electrons. The average Bonchev–Trinajstić information content (AvgIpc) is 3.23. The van der Waals surface area contributed by atoms with E-state index < -0.39 is 0 Å². The Morgan fingerprint density at radius 1 is 1.19 bits per heavy atom. The van der Waals surface area contributed by atoms with Crippen LogP contribution in [-0.2, 0) is 17.7 Å². The van der Waals surface area contributed by atoms with Crippen LogP contribution in [0, 0.1) is 5.92 Å². The number of aromatic nitrogens is 4. The Labute approximate surface area is 185 Å². The Morgan fingerprint density at radius 2 is 2.03 bits per heavy atom. The van der Waals surface area contributed by atoms with E-state index >= 15 is 0 Å². The summed E-state index contributed by atoms with van der Waals surface area (Å²) in [5.74, 6) is 3.34. The number of hydrogen-bond acceptors (Lipinski definition) is 5. The molecule has 1 fully saturated rings. The van der Waals surface area contributed by atoms with Gasteiger partial charge in [-0.2, -0.15) is 5.10 Å². The molecule has 4 rings (SSSR count). The number of piperidine rings is 1. The van der Waals surface area contributed by atoms with Gasteiger partial charge in [0.25, 0.3) is 0 Å². The van der Waals surface area contributed by atoms with E-state index in [1.54, 1.807) is 0 Å². The van der Waals surface area contributed by atoms with E-state index in [4.69, 9.17) is 14.8 Å². The van der Waals surface area contributed by atoms with E-state index in [1.807, 2.05) is 36.9 Å². The molecule has 1 aliphatic rings. The minimum absolute atomic E-state index is 0.133. The molecule has 2 aromatic heterocycles. The summed E-state index contributed by atoms with van der Waals surface area (Å²) in [7, 11) is 0. The molecule has 31 heavy (non-hydrogen) atoms. The van der Waals surface area contributed by atoms with Crippen LogP contribution in [0.2, 0.25) is 0 Å². The maximum atomic E-state index is 5.77. The van der Waals surface area contributed by atoms with Gasteiger partial charge < -0.3 is 9.64 Å². The number of nitrogens with zero attached hydrogens (tertiary/aromatic N) is 5. The zero-order chi connectivity index (χ0) is 21.6. The van der Waals surface area contributed by atoms with Gasteiger partial charge in [-0.3, -0.25) is 0 Å². The molecule has 3 heterocycles. The minimum Gasteiger partial charge on any atom is -0.371 e. The molecule has 1 saturated heterocycles. The maximum absolute atomic E-state index is 5.77. The molecule has 1 aliphatic heterocycles. The first kappa shape index (κ1) is 21.5. The number of ether oxygens (including phenoxy) is 1. The molecule has 6 heteroatoms. The maximum Gasteiger partial charge on any atom is 0.179 e. The molecule has 0 spiro atoms. The Hall–Kier alpha value is -2.73. The zero-order valence-electron chi connectivity index (χ0n) is 18.9. The van der Waals surface area contributed by atoms with Crippen LogP contribution in [0.15, 0.2) is 48.7 Å². The summed E-state index contributed by atoms with van der Waals surface area (Å²) in [4.78, 5) is 11.9. The van der Waals surface area contributed by atoms with Crippen molar-refractivity contribution in [1.82, 2.24) is 19.7 Å². The highest BCUT2D eigenvalue weighted by Gasteiger charge is 2.20. The fourth-order valence-electron chi connectivity index (χ4n) is 4.23. The van der Waals surface area contributed by atoms with Crippen molar-refractivity contribution in [3.8, 4) is 11.4 Å². The molecule has 0 saturated carbocycles. The van der Waals surface area contributed by atoms with Gasteiger partial charge in [0, 0.05) is 38.0 Å². The monoisotopic (exact) mass is 419 g/mol. The molecule has 164 valence electrons. The van der Waals surface area contributed by atoms with Gasteiger partial charge in [0.15, 0.2) is 11.6 Å². The summed E-state index contributed by atoms with van der Waals surface area (Å²) in [6.07, 6.45) is 5.18. The normalized spacial score (nSPS) is 17.6. The quantitative estimate of drug-likeness (QED) is 0.519. The number of pyridine rings is 1. The first-order valence-corrected chi connectivity index (χ1v) is 11.5. The highest BCUT2D eigenvalue weighted by Crippen LogP contribution is 2.27.